The van der Waals surface area contributed by atoms with Gasteiger partial charge in [0, 0.05) is 17.8 Å². The molecule has 0 bridgehead atoms. The van der Waals surface area contributed by atoms with Crippen molar-refractivity contribution in [3.8, 4) is 17.1 Å². The Morgan fingerprint density at radius 2 is 1.58 bits per heavy atom. The molecule has 0 radical (unpaired) electrons. The van der Waals surface area contributed by atoms with E-state index in [2.05, 4.69) is 15.5 Å². The first-order chi connectivity index (χ1) is 16.0. The Balaban J connectivity index is 1.53. The number of carbonyl (C=O) groups excluding carboxylic acids is 1. The number of hydrogen-bond donors (Lipinski definition) is 1. The summed E-state index contributed by atoms with van der Waals surface area (Å²) in [6.07, 6.45) is 0.741. The fraction of sp³-hybridized carbons (Fsp3) is 0.160. The number of thioether (sulfide) groups is 1. The van der Waals surface area contributed by atoms with Crippen LogP contribution in [0, 0.1) is 11.6 Å². The van der Waals surface area contributed by atoms with Crippen molar-refractivity contribution in [1.82, 2.24) is 20.1 Å². The van der Waals surface area contributed by atoms with E-state index in [0.29, 0.717) is 28.8 Å². The molecular formula is C25H22F2N4OS. The molecule has 33 heavy (non-hydrogen) atoms. The van der Waals surface area contributed by atoms with Crippen LogP contribution in [0.25, 0.3) is 17.1 Å². The first kappa shape index (κ1) is 22.7. The Bertz CT molecular complexity index is 1210. The van der Waals surface area contributed by atoms with E-state index < -0.39 is 5.25 Å². The maximum atomic E-state index is 13.5. The summed E-state index contributed by atoms with van der Waals surface area (Å²) >= 11 is 1.25. The van der Waals surface area contributed by atoms with Gasteiger partial charge in [0.1, 0.15) is 11.6 Å². The zero-order valence-electron chi connectivity index (χ0n) is 17.9. The first-order valence-electron chi connectivity index (χ1n) is 10.5. The topological polar surface area (TPSA) is 59.8 Å². The summed E-state index contributed by atoms with van der Waals surface area (Å²) in [5, 5.41) is 11.5. The van der Waals surface area contributed by atoms with Crippen molar-refractivity contribution in [3.63, 3.8) is 0 Å². The number of halogens is 2. The molecule has 1 N–H and O–H groups in total. The molecule has 3 aromatic carbocycles. The van der Waals surface area contributed by atoms with Gasteiger partial charge in [-0.15, -0.1) is 10.2 Å². The number of hydrogen-bond acceptors (Lipinski definition) is 4. The van der Waals surface area contributed by atoms with Crippen LogP contribution >= 0.6 is 11.8 Å². The highest BCUT2D eigenvalue weighted by atomic mass is 32.2. The third-order valence-electron chi connectivity index (χ3n) is 5.03. The lowest BCUT2D eigenvalue weighted by molar-refractivity contribution is -0.120. The zero-order chi connectivity index (χ0) is 23.2. The van der Waals surface area contributed by atoms with Crippen LogP contribution in [0.1, 0.15) is 12.5 Å². The van der Waals surface area contributed by atoms with Gasteiger partial charge in [-0.1, -0.05) is 42.1 Å². The van der Waals surface area contributed by atoms with Gasteiger partial charge in [-0.2, -0.15) is 0 Å². The van der Waals surface area contributed by atoms with Crippen molar-refractivity contribution in [2.45, 2.75) is 23.8 Å². The first-order valence-corrected chi connectivity index (χ1v) is 11.3. The highest BCUT2D eigenvalue weighted by molar-refractivity contribution is 8.00. The Morgan fingerprint density at radius 1 is 0.939 bits per heavy atom. The molecule has 168 valence electrons. The molecule has 0 saturated carbocycles. The van der Waals surface area contributed by atoms with E-state index in [1.165, 1.54) is 36.0 Å². The van der Waals surface area contributed by atoms with Crippen LogP contribution in [0.4, 0.5) is 8.78 Å². The summed E-state index contributed by atoms with van der Waals surface area (Å²) in [5.41, 5.74) is 2.44. The lowest BCUT2D eigenvalue weighted by atomic mass is 10.1. The fourth-order valence-electron chi connectivity index (χ4n) is 3.29. The Kier molecular flexibility index (Phi) is 7.14. The second-order valence-corrected chi connectivity index (χ2v) is 8.72. The molecule has 0 spiro atoms. The predicted molar refractivity (Wildman–Crippen MR) is 125 cm³/mol. The van der Waals surface area contributed by atoms with Gasteiger partial charge >= 0.3 is 0 Å². The average Bonchev–Trinajstić information content (AvgIpc) is 3.24. The lowest BCUT2D eigenvalue weighted by Crippen LogP contribution is -2.32. The number of amides is 1. The summed E-state index contributed by atoms with van der Waals surface area (Å²) in [4.78, 5) is 12.7. The van der Waals surface area contributed by atoms with Crippen molar-refractivity contribution in [1.29, 1.82) is 0 Å². The van der Waals surface area contributed by atoms with E-state index in [9.17, 15) is 13.6 Å². The lowest BCUT2D eigenvalue weighted by Gasteiger charge is -2.14. The fourth-order valence-corrected chi connectivity index (χ4v) is 4.18. The van der Waals surface area contributed by atoms with Crippen molar-refractivity contribution in [2.24, 2.45) is 0 Å². The molecule has 4 rings (SSSR count). The molecule has 4 aromatic rings. The SMILES string of the molecule is CC(Sc1nnc(-c2ccc(F)cc2)n1-c1ccc(F)cc1)C(=O)NCCc1ccccc1. The van der Waals surface area contributed by atoms with E-state index in [1.807, 2.05) is 30.3 Å². The number of aromatic nitrogens is 3. The van der Waals surface area contributed by atoms with Gasteiger partial charge in [-0.3, -0.25) is 9.36 Å². The van der Waals surface area contributed by atoms with Gasteiger partial charge < -0.3 is 5.32 Å². The molecule has 1 atom stereocenters. The monoisotopic (exact) mass is 464 g/mol. The van der Waals surface area contributed by atoms with Crippen molar-refractivity contribution >= 4 is 17.7 Å². The standard InChI is InChI=1S/C25H22F2N4OS/c1-17(24(32)28-16-15-18-5-3-2-4-6-18)33-25-30-29-23(19-7-9-20(26)10-8-19)31(25)22-13-11-21(27)12-14-22/h2-14,17H,15-16H2,1H3,(H,28,32). The minimum Gasteiger partial charge on any atom is -0.355 e. The molecule has 0 aliphatic rings. The number of nitrogens with zero attached hydrogens (tertiary/aromatic N) is 3. The quantitative estimate of drug-likeness (QED) is 0.371. The second-order valence-electron chi connectivity index (χ2n) is 7.41. The van der Waals surface area contributed by atoms with Gasteiger partial charge in [0.2, 0.25) is 5.91 Å². The van der Waals surface area contributed by atoms with E-state index in [-0.39, 0.29) is 17.5 Å². The predicted octanol–water partition coefficient (Wildman–Crippen LogP) is 5.05. The normalized spacial score (nSPS) is 11.8. The molecule has 0 aliphatic heterocycles. The number of carbonyl (C=O) groups is 1. The third-order valence-corrected chi connectivity index (χ3v) is 6.07. The molecule has 0 aliphatic carbocycles. The molecule has 0 fully saturated rings. The van der Waals surface area contributed by atoms with Crippen molar-refractivity contribution < 1.29 is 13.6 Å². The van der Waals surface area contributed by atoms with Gasteiger partial charge in [-0.25, -0.2) is 8.78 Å². The third kappa shape index (κ3) is 5.64. The highest BCUT2D eigenvalue weighted by Gasteiger charge is 2.22. The largest absolute Gasteiger partial charge is 0.355 e. The minimum absolute atomic E-state index is 0.118. The molecule has 1 amide bonds. The number of nitrogens with one attached hydrogen (secondary N) is 1. The van der Waals surface area contributed by atoms with E-state index in [1.54, 1.807) is 35.8 Å². The van der Waals surface area contributed by atoms with Gasteiger partial charge in [0.15, 0.2) is 11.0 Å². The van der Waals surface area contributed by atoms with E-state index in [4.69, 9.17) is 0 Å². The summed E-state index contributed by atoms with van der Waals surface area (Å²) in [6.45, 7) is 2.32. The van der Waals surface area contributed by atoms with E-state index >= 15 is 0 Å². The zero-order valence-corrected chi connectivity index (χ0v) is 18.7. The van der Waals surface area contributed by atoms with Crippen LogP contribution in [0.2, 0.25) is 0 Å². The summed E-state index contributed by atoms with van der Waals surface area (Å²) in [7, 11) is 0. The van der Waals surface area contributed by atoms with Crippen LogP contribution in [-0.4, -0.2) is 32.5 Å². The van der Waals surface area contributed by atoms with Gasteiger partial charge in [-0.05, 0) is 67.4 Å². The highest BCUT2D eigenvalue weighted by Crippen LogP contribution is 2.30. The van der Waals surface area contributed by atoms with Crippen LogP contribution in [0.5, 0.6) is 0 Å². The van der Waals surface area contributed by atoms with Crippen molar-refractivity contribution in [3.05, 3.63) is 96.1 Å². The molecule has 1 heterocycles. The van der Waals surface area contributed by atoms with Crippen molar-refractivity contribution in [2.75, 3.05) is 6.54 Å². The van der Waals surface area contributed by atoms with Crippen LogP contribution in [0.15, 0.2) is 84.0 Å². The smallest absolute Gasteiger partial charge is 0.233 e. The molecule has 8 heteroatoms. The molecule has 1 aromatic heterocycles. The number of benzene rings is 3. The van der Waals surface area contributed by atoms with E-state index in [0.717, 1.165) is 12.0 Å². The summed E-state index contributed by atoms with van der Waals surface area (Å²) < 4.78 is 28.7. The maximum Gasteiger partial charge on any atom is 0.233 e. The minimum atomic E-state index is -0.440. The summed E-state index contributed by atoms with van der Waals surface area (Å²) in [5.74, 6) is -0.369. The van der Waals surface area contributed by atoms with Gasteiger partial charge in [0.25, 0.3) is 0 Å². The van der Waals surface area contributed by atoms with Gasteiger partial charge in [0.05, 0.1) is 5.25 Å². The average molecular weight is 465 g/mol. The Morgan fingerprint density at radius 3 is 2.24 bits per heavy atom. The maximum absolute atomic E-state index is 13.5. The van der Waals surface area contributed by atoms with Crippen LogP contribution < -0.4 is 5.32 Å². The Labute approximate surface area is 194 Å². The van der Waals surface area contributed by atoms with Crippen LogP contribution in [0.3, 0.4) is 0 Å². The molecule has 0 saturated heterocycles. The second kappa shape index (κ2) is 10.4. The van der Waals surface area contributed by atoms with Crippen LogP contribution in [-0.2, 0) is 11.2 Å². The molecule has 1 unspecified atom stereocenters. The number of rotatable bonds is 8. The molecular weight excluding hydrogens is 442 g/mol. The Hall–Kier alpha value is -3.52. The summed E-state index contributed by atoms with van der Waals surface area (Å²) in [6, 6.07) is 21.7. The molecule has 5 nitrogen and oxygen atoms in total.